The van der Waals surface area contributed by atoms with Crippen LogP contribution in [-0.2, 0) is 5.75 Å². The van der Waals surface area contributed by atoms with Gasteiger partial charge in [-0.15, -0.1) is 16.4 Å². The van der Waals surface area contributed by atoms with Gasteiger partial charge in [0.05, 0.1) is 11.4 Å². The van der Waals surface area contributed by atoms with Crippen LogP contribution in [0.15, 0.2) is 77.5 Å². The van der Waals surface area contributed by atoms with E-state index in [0.717, 1.165) is 32.9 Å². The largest absolute Gasteiger partial charge is 0.240 e. The molecule has 118 valence electrons. The zero-order valence-corrected chi connectivity index (χ0v) is 14.4. The van der Waals surface area contributed by atoms with E-state index < -0.39 is 0 Å². The van der Waals surface area contributed by atoms with Crippen LogP contribution in [0.4, 0.5) is 0 Å². The lowest BCUT2D eigenvalue weighted by Crippen LogP contribution is -1.93. The second-order valence-electron chi connectivity index (χ2n) is 5.11. The number of thioether (sulfide) groups is 1. The maximum absolute atomic E-state index is 4.70. The van der Waals surface area contributed by atoms with Crippen LogP contribution in [0.1, 0.15) is 5.69 Å². The molecule has 0 saturated carbocycles. The number of rotatable bonds is 5. The maximum atomic E-state index is 4.70. The summed E-state index contributed by atoms with van der Waals surface area (Å²) >= 11 is 3.27. The number of hydrogen-bond donors (Lipinski definition) is 0. The molecule has 0 unspecified atom stereocenters. The number of para-hydroxylation sites is 1. The Bertz CT molecular complexity index is 839. The smallest absolute Gasteiger partial charge is 0.209 e. The van der Waals surface area contributed by atoms with Crippen LogP contribution < -0.4 is 0 Å². The predicted molar refractivity (Wildman–Crippen MR) is 98.5 cm³/mol. The van der Waals surface area contributed by atoms with E-state index in [9.17, 15) is 0 Å². The molecular formula is C18H14N4S2. The van der Waals surface area contributed by atoms with Crippen LogP contribution in [-0.4, -0.2) is 19.7 Å². The zero-order valence-electron chi connectivity index (χ0n) is 12.7. The average Bonchev–Trinajstić information content (AvgIpc) is 3.31. The molecule has 0 saturated heterocycles. The van der Waals surface area contributed by atoms with E-state index in [1.54, 1.807) is 34.1 Å². The highest BCUT2D eigenvalue weighted by atomic mass is 32.2. The van der Waals surface area contributed by atoms with Crippen molar-refractivity contribution in [2.75, 3.05) is 0 Å². The van der Waals surface area contributed by atoms with Gasteiger partial charge in [0.2, 0.25) is 5.16 Å². The van der Waals surface area contributed by atoms with Gasteiger partial charge in [0.1, 0.15) is 11.3 Å². The topological polar surface area (TPSA) is 43.6 Å². The van der Waals surface area contributed by atoms with E-state index in [0.29, 0.717) is 0 Å². The Morgan fingerprint density at radius 2 is 1.71 bits per heavy atom. The van der Waals surface area contributed by atoms with E-state index in [2.05, 4.69) is 27.6 Å². The Kier molecular flexibility index (Phi) is 4.40. The van der Waals surface area contributed by atoms with Crippen molar-refractivity contribution in [1.82, 2.24) is 19.7 Å². The molecule has 0 fully saturated rings. The van der Waals surface area contributed by atoms with Crippen LogP contribution in [0.5, 0.6) is 0 Å². The van der Waals surface area contributed by atoms with Crippen LogP contribution in [0, 0.1) is 0 Å². The first-order valence-corrected chi connectivity index (χ1v) is 9.35. The summed E-state index contributed by atoms with van der Waals surface area (Å²) in [5.74, 6) is 0.766. The lowest BCUT2D eigenvalue weighted by Gasteiger charge is -1.98. The molecule has 0 atom stereocenters. The van der Waals surface area contributed by atoms with Gasteiger partial charge in [0.25, 0.3) is 0 Å². The summed E-state index contributed by atoms with van der Waals surface area (Å²) in [6.45, 7) is 0. The van der Waals surface area contributed by atoms with Crippen molar-refractivity contribution in [3.63, 3.8) is 0 Å². The highest BCUT2D eigenvalue weighted by Crippen LogP contribution is 2.26. The van der Waals surface area contributed by atoms with Gasteiger partial charge >= 0.3 is 0 Å². The SMILES string of the molecule is c1ccc(-c2nc(CSc3ncn(-c4ccccc4)n3)cs2)cc1. The lowest BCUT2D eigenvalue weighted by molar-refractivity contribution is 0.834. The standard InChI is InChI=1S/C18H14N4S2/c1-3-7-14(8-4-1)17-20-15(11-23-17)12-24-18-19-13-22(21-18)16-9-5-2-6-10-16/h1-11,13H,12H2. The number of aromatic nitrogens is 4. The quantitative estimate of drug-likeness (QED) is 0.490. The normalized spacial score (nSPS) is 10.8. The first-order chi connectivity index (χ1) is 11.9. The Balaban J connectivity index is 1.43. The fourth-order valence-electron chi connectivity index (χ4n) is 2.24. The lowest BCUT2D eigenvalue weighted by atomic mass is 10.2. The molecule has 0 aliphatic rings. The number of hydrogen-bond acceptors (Lipinski definition) is 5. The van der Waals surface area contributed by atoms with Crippen molar-refractivity contribution in [3.05, 3.63) is 78.1 Å². The fourth-order valence-corrected chi connectivity index (χ4v) is 3.87. The fraction of sp³-hybridized carbons (Fsp3) is 0.0556. The van der Waals surface area contributed by atoms with Crippen molar-refractivity contribution in [3.8, 4) is 16.3 Å². The summed E-state index contributed by atoms with van der Waals surface area (Å²) in [5, 5.41) is 8.41. The van der Waals surface area contributed by atoms with Gasteiger partial charge in [-0.3, -0.25) is 0 Å². The van der Waals surface area contributed by atoms with Crippen molar-refractivity contribution in [1.29, 1.82) is 0 Å². The molecule has 2 aromatic heterocycles. The minimum Gasteiger partial charge on any atom is -0.240 e. The summed E-state index contributed by atoms with van der Waals surface area (Å²) < 4.78 is 1.79. The van der Waals surface area contributed by atoms with Gasteiger partial charge < -0.3 is 0 Å². The first kappa shape index (κ1) is 15.1. The predicted octanol–water partition coefficient (Wildman–Crippen LogP) is 4.68. The summed E-state index contributed by atoms with van der Waals surface area (Å²) in [6.07, 6.45) is 1.74. The highest BCUT2D eigenvalue weighted by Gasteiger charge is 2.07. The molecule has 6 heteroatoms. The summed E-state index contributed by atoms with van der Waals surface area (Å²) in [7, 11) is 0. The third-order valence-corrected chi connectivity index (χ3v) is 5.24. The molecule has 0 N–H and O–H groups in total. The molecule has 0 bridgehead atoms. The molecule has 4 nitrogen and oxygen atoms in total. The Morgan fingerprint density at radius 1 is 0.958 bits per heavy atom. The summed E-state index contributed by atoms with van der Waals surface area (Å²) in [4.78, 5) is 9.06. The number of nitrogens with zero attached hydrogens (tertiary/aromatic N) is 4. The van der Waals surface area contributed by atoms with Gasteiger partial charge in [-0.05, 0) is 12.1 Å². The van der Waals surface area contributed by atoms with Crippen LogP contribution >= 0.6 is 23.1 Å². The monoisotopic (exact) mass is 350 g/mol. The Labute approximate surface area is 148 Å². The zero-order chi connectivity index (χ0) is 16.2. The summed E-state index contributed by atoms with van der Waals surface area (Å²) in [5.41, 5.74) is 3.22. The molecule has 0 aliphatic heterocycles. The second-order valence-corrected chi connectivity index (χ2v) is 6.91. The molecule has 4 rings (SSSR count). The van der Waals surface area contributed by atoms with E-state index in [-0.39, 0.29) is 0 Å². The second kappa shape index (κ2) is 6.98. The third kappa shape index (κ3) is 3.39. The van der Waals surface area contributed by atoms with Crippen molar-refractivity contribution >= 4 is 23.1 Å². The maximum Gasteiger partial charge on any atom is 0.209 e. The molecule has 2 aromatic carbocycles. The van der Waals surface area contributed by atoms with E-state index >= 15 is 0 Å². The number of benzene rings is 2. The molecule has 24 heavy (non-hydrogen) atoms. The minimum absolute atomic E-state index is 0.758. The Hall–Kier alpha value is -2.44. The van der Waals surface area contributed by atoms with Crippen molar-refractivity contribution in [2.24, 2.45) is 0 Å². The first-order valence-electron chi connectivity index (χ1n) is 7.48. The average molecular weight is 350 g/mol. The highest BCUT2D eigenvalue weighted by molar-refractivity contribution is 7.98. The van der Waals surface area contributed by atoms with E-state index in [1.807, 2.05) is 48.5 Å². The molecule has 0 amide bonds. The van der Waals surface area contributed by atoms with Gasteiger partial charge in [-0.25, -0.2) is 14.6 Å². The molecule has 0 radical (unpaired) electrons. The Morgan fingerprint density at radius 3 is 2.50 bits per heavy atom. The third-order valence-electron chi connectivity index (χ3n) is 3.41. The van der Waals surface area contributed by atoms with Gasteiger partial charge in [-0.2, -0.15) is 0 Å². The van der Waals surface area contributed by atoms with Gasteiger partial charge in [-0.1, -0.05) is 60.3 Å². The van der Waals surface area contributed by atoms with Gasteiger partial charge in [0, 0.05) is 16.7 Å². The molecular weight excluding hydrogens is 336 g/mol. The van der Waals surface area contributed by atoms with Crippen LogP contribution in [0.25, 0.3) is 16.3 Å². The van der Waals surface area contributed by atoms with Crippen LogP contribution in [0.3, 0.4) is 0 Å². The van der Waals surface area contributed by atoms with E-state index in [1.165, 1.54) is 0 Å². The van der Waals surface area contributed by atoms with E-state index in [4.69, 9.17) is 4.98 Å². The number of thiazole rings is 1. The molecule has 4 aromatic rings. The molecule has 0 spiro atoms. The minimum atomic E-state index is 0.758. The van der Waals surface area contributed by atoms with Gasteiger partial charge in [0.15, 0.2) is 0 Å². The molecule has 0 aliphatic carbocycles. The summed E-state index contributed by atoms with van der Waals surface area (Å²) in [6, 6.07) is 20.2. The van der Waals surface area contributed by atoms with Crippen molar-refractivity contribution < 1.29 is 0 Å². The van der Waals surface area contributed by atoms with Crippen molar-refractivity contribution in [2.45, 2.75) is 10.9 Å². The molecule has 2 heterocycles. The van der Waals surface area contributed by atoms with Crippen LogP contribution in [0.2, 0.25) is 0 Å².